The topological polar surface area (TPSA) is 107 Å². The third-order valence-corrected chi connectivity index (χ3v) is 11.4. The molecule has 3 aromatic carbocycles. The van der Waals surface area contributed by atoms with Crippen molar-refractivity contribution in [1.29, 1.82) is 0 Å². The molecule has 0 saturated heterocycles. The minimum atomic E-state index is -1.07. The molecule has 0 spiro atoms. The predicted octanol–water partition coefficient (Wildman–Crippen LogP) is 10.8. The largest absolute Gasteiger partial charge is 0.493 e. The van der Waals surface area contributed by atoms with Gasteiger partial charge in [-0.25, -0.2) is 27.6 Å². The molecule has 0 aliphatic rings. The number of hydrogen-bond donors (Lipinski definition) is 0. The van der Waals surface area contributed by atoms with Crippen molar-refractivity contribution < 1.29 is 56.0 Å². The van der Waals surface area contributed by atoms with Crippen molar-refractivity contribution in [2.24, 2.45) is 23.2 Å². The fraction of sp³-hybridized carbons (Fsp3) is 0.523. The Hall–Kier alpha value is -4.26. The molecular weight excluding hydrogens is 809 g/mol. The summed E-state index contributed by atoms with van der Waals surface area (Å²) in [4.78, 5) is 38.6. The van der Waals surface area contributed by atoms with Crippen molar-refractivity contribution in [2.45, 2.75) is 80.1 Å². The van der Waals surface area contributed by atoms with Crippen molar-refractivity contribution in [3.05, 3.63) is 88.7 Å². The Morgan fingerprint density at radius 2 is 0.772 bits per heavy atom. The molecule has 314 valence electrons. The van der Waals surface area contributed by atoms with Crippen molar-refractivity contribution in [2.75, 3.05) is 45.0 Å². The average Bonchev–Trinajstić information content (AvgIpc) is 3.22. The van der Waals surface area contributed by atoms with Crippen LogP contribution in [0.3, 0.4) is 0 Å². The van der Waals surface area contributed by atoms with E-state index in [0.717, 1.165) is 56.7 Å². The van der Waals surface area contributed by atoms with Crippen LogP contribution in [0.1, 0.15) is 111 Å². The summed E-state index contributed by atoms with van der Waals surface area (Å²) in [5.74, 6) is -3.87. The second-order valence-corrected chi connectivity index (χ2v) is 14.8. The molecule has 0 saturated carbocycles. The number of carbonyl (C=O) groups excluding carboxylic acids is 3. The molecule has 57 heavy (non-hydrogen) atoms. The fourth-order valence-electron chi connectivity index (χ4n) is 5.59. The van der Waals surface area contributed by atoms with Crippen LogP contribution in [0.15, 0.2) is 54.6 Å². The van der Waals surface area contributed by atoms with Gasteiger partial charge in [-0.2, -0.15) is 0 Å². The summed E-state index contributed by atoms with van der Waals surface area (Å²) in [6.45, 7) is 12.0. The smallest absolute Gasteiger partial charge is 0.341 e. The lowest BCUT2D eigenvalue weighted by Gasteiger charge is -2.31. The van der Waals surface area contributed by atoms with Gasteiger partial charge in [0, 0.05) is 5.33 Å². The Bertz CT molecular complexity index is 1550. The van der Waals surface area contributed by atoms with Crippen LogP contribution < -0.4 is 14.2 Å². The zero-order valence-corrected chi connectivity index (χ0v) is 35.4. The summed E-state index contributed by atoms with van der Waals surface area (Å²) in [6, 6.07) is 11.2. The highest BCUT2D eigenvalue weighted by Gasteiger charge is 2.34. The highest BCUT2D eigenvalue weighted by molar-refractivity contribution is 9.09. The molecular formula is C44H56BrF3O9. The van der Waals surface area contributed by atoms with E-state index in [-0.39, 0.29) is 96.7 Å². The van der Waals surface area contributed by atoms with Gasteiger partial charge in [0.15, 0.2) is 0 Å². The van der Waals surface area contributed by atoms with E-state index >= 15 is 0 Å². The normalized spacial score (nSPS) is 11.5. The molecule has 0 aliphatic carbocycles. The number of carbonyl (C=O) groups is 3. The van der Waals surface area contributed by atoms with E-state index in [1.54, 1.807) is 0 Å². The van der Waals surface area contributed by atoms with Gasteiger partial charge in [0.1, 0.15) is 54.5 Å². The first kappa shape index (κ1) is 47.1. The van der Waals surface area contributed by atoms with E-state index in [0.29, 0.717) is 0 Å². The van der Waals surface area contributed by atoms with Crippen LogP contribution in [0.25, 0.3) is 0 Å². The molecule has 13 heteroatoms. The van der Waals surface area contributed by atoms with Crippen LogP contribution in [0.4, 0.5) is 13.2 Å². The minimum absolute atomic E-state index is 0.136. The maximum absolute atomic E-state index is 14.8. The lowest BCUT2D eigenvalue weighted by atomic mass is 9.94. The molecule has 0 radical (unpaired) electrons. The first-order valence-electron chi connectivity index (χ1n) is 19.7. The first-order valence-corrected chi connectivity index (χ1v) is 20.8. The molecule has 0 fully saturated rings. The third-order valence-electron chi connectivity index (χ3n) is 10.2. The number of alkyl halides is 1. The highest BCUT2D eigenvalue weighted by atomic mass is 79.9. The standard InChI is InChI=1S/C44H56BrF3O9/c1-7-29(8-2)22-52-41(49)35-19-32(13-16-38(35)46)55-26-44(25-45,27-56-33-14-17-39(47)36(20-33)42(50)53-23-30(9-3)10-4)28-57-34-15-18-40(48)37(21-34)43(51)54-24-31(11-5)12-6/h13-21,29-31H,7-12,22-28H2,1-6H3. The molecule has 0 bridgehead atoms. The van der Waals surface area contributed by atoms with E-state index < -0.39 is 40.8 Å². The van der Waals surface area contributed by atoms with E-state index in [4.69, 9.17) is 28.4 Å². The van der Waals surface area contributed by atoms with Crippen molar-refractivity contribution in [3.63, 3.8) is 0 Å². The highest BCUT2D eigenvalue weighted by Crippen LogP contribution is 2.30. The monoisotopic (exact) mass is 864 g/mol. The number of ether oxygens (including phenoxy) is 6. The maximum Gasteiger partial charge on any atom is 0.341 e. The van der Waals surface area contributed by atoms with E-state index in [1.165, 1.54) is 36.4 Å². The Balaban J connectivity index is 1.88. The quantitative estimate of drug-likeness (QED) is 0.0467. The average molecular weight is 866 g/mol. The summed E-state index contributed by atoms with van der Waals surface area (Å²) in [7, 11) is 0. The van der Waals surface area contributed by atoms with Crippen LogP contribution in [0.2, 0.25) is 0 Å². The van der Waals surface area contributed by atoms with Crippen molar-refractivity contribution in [1.82, 2.24) is 0 Å². The van der Waals surface area contributed by atoms with Gasteiger partial charge in [0.05, 0.1) is 41.9 Å². The van der Waals surface area contributed by atoms with Crippen LogP contribution in [-0.4, -0.2) is 62.9 Å². The van der Waals surface area contributed by atoms with Crippen molar-refractivity contribution in [3.8, 4) is 17.2 Å². The predicted molar refractivity (Wildman–Crippen MR) is 215 cm³/mol. The lowest BCUT2D eigenvalue weighted by Crippen LogP contribution is -2.42. The van der Waals surface area contributed by atoms with Crippen LogP contribution in [0.5, 0.6) is 17.2 Å². The molecule has 3 aromatic rings. The molecule has 0 amide bonds. The first-order chi connectivity index (χ1) is 27.4. The van der Waals surface area contributed by atoms with E-state index in [9.17, 15) is 27.6 Å². The Kier molecular flexibility index (Phi) is 19.7. The minimum Gasteiger partial charge on any atom is -0.493 e. The molecule has 9 nitrogen and oxygen atoms in total. The van der Waals surface area contributed by atoms with Gasteiger partial charge in [-0.3, -0.25) is 0 Å². The Morgan fingerprint density at radius 1 is 0.509 bits per heavy atom. The zero-order valence-electron chi connectivity index (χ0n) is 33.8. The summed E-state index contributed by atoms with van der Waals surface area (Å²) in [6.07, 6.45) is 4.82. The molecule has 0 heterocycles. The SMILES string of the molecule is CCC(CC)COC(=O)c1cc(OCC(CBr)(COc2ccc(F)c(C(=O)OCC(CC)CC)c2)COc2ccc(F)c(C(=O)OCC(CC)CC)c2)ccc1F. The fourth-order valence-corrected chi connectivity index (χ4v) is 6.07. The second kappa shape index (κ2) is 23.8. The number of hydrogen-bond acceptors (Lipinski definition) is 9. The molecule has 0 aromatic heterocycles. The summed E-state index contributed by atoms with van der Waals surface area (Å²) in [5.41, 5.74) is -1.94. The number of esters is 3. The molecule has 0 N–H and O–H groups in total. The van der Waals surface area contributed by atoms with Crippen LogP contribution in [0, 0.1) is 40.6 Å². The number of benzene rings is 3. The van der Waals surface area contributed by atoms with Gasteiger partial charge in [-0.1, -0.05) is 96.0 Å². The van der Waals surface area contributed by atoms with Gasteiger partial charge in [0.2, 0.25) is 0 Å². The lowest BCUT2D eigenvalue weighted by molar-refractivity contribution is 0.0418. The number of rotatable bonds is 25. The maximum atomic E-state index is 14.8. The Labute approximate surface area is 343 Å². The van der Waals surface area contributed by atoms with E-state index in [2.05, 4.69) is 15.9 Å². The summed E-state index contributed by atoms with van der Waals surface area (Å²) in [5, 5.41) is 0.183. The van der Waals surface area contributed by atoms with Gasteiger partial charge in [-0.05, 0) is 72.4 Å². The third kappa shape index (κ3) is 14.3. The molecule has 0 atom stereocenters. The van der Waals surface area contributed by atoms with Crippen LogP contribution >= 0.6 is 15.9 Å². The van der Waals surface area contributed by atoms with E-state index in [1.807, 2.05) is 41.5 Å². The summed E-state index contributed by atoms with van der Waals surface area (Å²) >= 11 is 3.54. The zero-order chi connectivity index (χ0) is 42.0. The van der Waals surface area contributed by atoms with Crippen molar-refractivity contribution >= 4 is 33.8 Å². The number of halogens is 4. The molecule has 0 unspecified atom stereocenters. The van der Waals surface area contributed by atoms with Gasteiger partial charge in [0.25, 0.3) is 0 Å². The Morgan fingerprint density at radius 3 is 1.00 bits per heavy atom. The molecule has 0 aliphatic heterocycles. The van der Waals surface area contributed by atoms with Gasteiger partial charge in [-0.15, -0.1) is 0 Å². The van der Waals surface area contributed by atoms with Gasteiger partial charge >= 0.3 is 17.9 Å². The molecule has 3 rings (SSSR count). The second-order valence-electron chi connectivity index (χ2n) is 14.3. The van der Waals surface area contributed by atoms with Gasteiger partial charge < -0.3 is 28.4 Å². The van der Waals surface area contributed by atoms with Crippen LogP contribution in [-0.2, 0) is 14.2 Å². The summed E-state index contributed by atoms with van der Waals surface area (Å²) < 4.78 is 79.1.